The van der Waals surface area contributed by atoms with Crippen LogP contribution in [0.2, 0.25) is 0 Å². The smallest absolute Gasteiger partial charge is 0.0726 e. The molecule has 1 heteroatoms. The minimum Gasteiger partial charge on any atom is -0.389 e. The summed E-state index contributed by atoms with van der Waals surface area (Å²) >= 11 is 0. The van der Waals surface area contributed by atoms with Crippen LogP contribution in [0.3, 0.4) is 0 Å². The van der Waals surface area contributed by atoms with Crippen LogP contribution in [0.25, 0.3) is 0 Å². The van der Waals surface area contributed by atoms with E-state index in [4.69, 9.17) is 0 Å². The van der Waals surface area contributed by atoms with E-state index in [-0.39, 0.29) is 11.0 Å². The van der Waals surface area contributed by atoms with Gasteiger partial charge in [0.15, 0.2) is 0 Å². The minimum absolute atomic E-state index is 0.196. The van der Waals surface area contributed by atoms with Gasteiger partial charge in [-0.2, -0.15) is 0 Å². The predicted molar refractivity (Wildman–Crippen MR) is 49.9 cm³/mol. The molecule has 2 saturated carbocycles. The molecule has 1 atom stereocenters. The summed E-state index contributed by atoms with van der Waals surface area (Å²) in [6.45, 7) is 4.43. The van der Waals surface area contributed by atoms with E-state index in [0.717, 1.165) is 6.42 Å². The van der Waals surface area contributed by atoms with Gasteiger partial charge in [-0.25, -0.2) is 0 Å². The third kappa shape index (κ3) is 0.953. The number of rotatable bonds is 1. The first-order valence-corrected chi connectivity index (χ1v) is 5.29. The molecule has 0 spiro atoms. The van der Waals surface area contributed by atoms with Crippen LogP contribution in [0.15, 0.2) is 0 Å². The van der Waals surface area contributed by atoms with Gasteiger partial charge in [-0.15, -0.1) is 0 Å². The summed E-state index contributed by atoms with van der Waals surface area (Å²) < 4.78 is 0. The fourth-order valence-electron chi connectivity index (χ4n) is 3.04. The molecule has 0 aromatic heterocycles. The van der Waals surface area contributed by atoms with Crippen molar-refractivity contribution in [3.05, 3.63) is 0 Å². The van der Waals surface area contributed by atoms with Crippen molar-refractivity contribution in [1.29, 1.82) is 0 Å². The molecule has 0 heterocycles. The van der Waals surface area contributed by atoms with Crippen molar-refractivity contribution in [2.24, 2.45) is 11.3 Å². The molecule has 2 fully saturated rings. The van der Waals surface area contributed by atoms with Gasteiger partial charge in [0, 0.05) is 0 Å². The van der Waals surface area contributed by atoms with E-state index in [9.17, 15) is 5.11 Å². The minimum atomic E-state index is -0.302. The van der Waals surface area contributed by atoms with Gasteiger partial charge in [-0.3, -0.25) is 0 Å². The molecular weight excluding hydrogens is 148 g/mol. The summed E-state index contributed by atoms with van der Waals surface area (Å²) in [7, 11) is 0. The molecule has 1 nitrogen and oxygen atoms in total. The molecule has 2 aliphatic carbocycles. The van der Waals surface area contributed by atoms with Crippen molar-refractivity contribution in [3.63, 3.8) is 0 Å². The van der Waals surface area contributed by atoms with Gasteiger partial charge in [0.05, 0.1) is 5.60 Å². The molecule has 0 bridgehead atoms. The maximum Gasteiger partial charge on any atom is 0.0726 e. The second kappa shape index (κ2) is 2.47. The first-order chi connectivity index (χ1) is 5.56. The Balaban J connectivity index is 2.10. The standard InChI is InChI=1S/C11H20O/c1-10(2)7-8-11(10,12)9-5-3-4-6-9/h9,12H,3-8H2,1-2H3. The van der Waals surface area contributed by atoms with Gasteiger partial charge in [-0.05, 0) is 37.0 Å². The van der Waals surface area contributed by atoms with Crippen LogP contribution in [0.1, 0.15) is 52.4 Å². The van der Waals surface area contributed by atoms with Crippen LogP contribution in [-0.2, 0) is 0 Å². The summed E-state index contributed by atoms with van der Waals surface area (Å²) in [6.07, 6.45) is 7.46. The average molecular weight is 168 g/mol. The Morgan fingerprint density at radius 1 is 1.08 bits per heavy atom. The van der Waals surface area contributed by atoms with Crippen molar-refractivity contribution < 1.29 is 5.11 Å². The Morgan fingerprint density at radius 2 is 1.67 bits per heavy atom. The third-order valence-electron chi connectivity index (χ3n) is 4.33. The summed E-state index contributed by atoms with van der Waals surface area (Å²) in [5.74, 6) is 0.612. The monoisotopic (exact) mass is 168 g/mol. The zero-order valence-corrected chi connectivity index (χ0v) is 8.27. The lowest BCUT2D eigenvalue weighted by atomic mass is 9.54. The van der Waals surface area contributed by atoms with Crippen molar-refractivity contribution in [1.82, 2.24) is 0 Å². The zero-order valence-electron chi connectivity index (χ0n) is 8.27. The van der Waals surface area contributed by atoms with Gasteiger partial charge in [0.25, 0.3) is 0 Å². The maximum atomic E-state index is 10.4. The molecule has 1 N–H and O–H groups in total. The highest BCUT2D eigenvalue weighted by atomic mass is 16.3. The summed E-state index contributed by atoms with van der Waals surface area (Å²) in [4.78, 5) is 0. The van der Waals surface area contributed by atoms with Crippen LogP contribution in [0.4, 0.5) is 0 Å². The highest BCUT2D eigenvalue weighted by molar-refractivity contribution is 5.07. The van der Waals surface area contributed by atoms with Crippen LogP contribution >= 0.6 is 0 Å². The normalized spacial score (nSPS) is 41.2. The molecule has 12 heavy (non-hydrogen) atoms. The zero-order chi connectivity index (χ0) is 8.82. The Kier molecular flexibility index (Phi) is 1.76. The van der Waals surface area contributed by atoms with Crippen LogP contribution in [-0.4, -0.2) is 10.7 Å². The second-order valence-electron chi connectivity index (χ2n) is 5.29. The van der Waals surface area contributed by atoms with Gasteiger partial charge in [-0.1, -0.05) is 26.7 Å². The molecule has 0 aromatic carbocycles. The van der Waals surface area contributed by atoms with E-state index in [1.54, 1.807) is 0 Å². The molecule has 0 aliphatic heterocycles. The van der Waals surface area contributed by atoms with Crippen LogP contribution in [0, 0.1) is 11.3 Å². The van der Waals surface area contributed by atoms with Gasteiger partial charge < -0.3 is 5.11 Å². The fraction of sp³-hybridized carbons (Fsp3) is 1.00. The summed E-state index contributed by atoms with van der Waals surface area (Å²) in [6, 6.07) is 0. The molecule has 2 rings (SSSR count). The highest BCUT2D eigenvalue weighted by Gasteiger charge is 2.56. The third-order valence-corrected chi connectivity index (χ3v) is 4.33. The number of aliphatic hydroxyl groups is 1. The van der Waals surface area contributed by atoms with Crippen LogP contribution < -0.4 is 0 Å². The molecule has 0 aromatic rings. The molecule has 0 amide bonds. The van der Waals surface area contributed by atoms with Crippen LogP contribution in [0.5, 0.6) is 0 Å². The Morgan fingerprint density at radius 3 is 2.00 bits per heavy atom. The number of hydrogen-bond donors (Lipinski definition) is 1. The quantitative estimate of drug-likeness (QED) is 0.638. The molecule has 1 unspecified atom stereocenters. The summed E-state index contributed by atoms with van der Waals surface area (Å²) in [5.41, 5.74) is -0.106. The van der Waals surface area contributed by atoms with Gasteiger partial charge in [0.2, 0.25) is 0 Å². The second-order valence-corrected chi connectivity index (χ2v) is 5.29. The SMILES string of the molecule is CC1(C)CCC1(O)C1CCCC1. The van der Waals surface area contributed by atoms with E-state index in [1.165, 1.54) is 32.1 Å². The highest BCUT2D eigenvalue weighted by Crippen LogP contribution is 2.56. The average Bonchev–Trinajstić information content (AvgIpc) is 2.53. The van der Waals surface area contributed by atoms with E-state index < -0.39 is 0 Å². The molecule has 0 radical (unpaired) electrons. The lowest BCUT2D eigenvalue weighted by Gasteiger charge is -2.56. The lowest BCUT2D eigenvalue weighted by Crippen LogP contribution is -2.58. The maximum absolute atomic E-state index is 10.4. The Bertz CT molecular complexity index is 179. The lowest BCUT2D eigenvalue weighted by molar-refractivity contribution is -0.184. The molecule has 70 valence electrons. The Labute approximate surface area is 75.2 Å². The summed E-state index contributed by atoms with van der Waals surface area (Å²) in [5, 5.41) is 10.4. The molecule has 2 aliphatic rings. The first-order valence-electron chi connectivity index (χ1n) is 5.29. The van der Waals surface area contributed by atoms with Gasteiger partial charge >= 0.3 is 0 Å². The number of hydrogen-bond acceptors (Lipinski definition) is 1. The van der Waals surface area contributed by atoms with Crippen molar-refractivity contribution in [2.75, 3.05) is 0 Å². The van der Waals surface area contributed by atoms with Crippen molar-refractivity contribution in [2.45, 2.75) is 58.0 Å². The van der Waals surface area contributed by atoms with E-state index in [2.05, 4.69) is 13.8 Å². The topological polar surface area (TPSA) is 20.2 Å². The largest absolute Gasteiger partial charge is 0.389 e. The molecular formula is C11H20O. The van der Waals surface area contributed by atoms with Crippen molar-refractivity contribution >= 4 is 0 Å². The van der Waals surface area contributed by atoms with E-state index in [1.807, 2.05) is 0 Å². The van der Waals surface area contributed by atoms with E-state index >= 15 is 0 Å². The van der Waals surface area contributed by atoms with Gasteiger partial charge in [0.1, 0.15) is 0 Å². The fourth-order valence-corrected chi connectivity index (χ4v) is 3.04. The Hall–Kier alpha value is -0.0400. The predicted octanol–water partition coefficient (Wildman–Crippen LogP) is 2.73. The van der Waals surface area contributed by atoms with Crippen molar-refractivity contribution in [3.8, 4) is 0 Å². The van der Waals surface area contributed by atoms with E-state index in [0.29, 0.717) is 5.92 Å². The molecule has 0 saturated heterocycles. The first kappa shape index (κ1) is 8.55.